The van der Waals surface area contributed by atoms with Gasteiger partial charge < -0.3 is 10.2 Å². The van der Waals surface area contributed by atoms with E-state index < -0.39 is 0 Å². The van der Waals surface area contributed by atoms with Gasteiger partial charge in [-0.3, -0.25) is 0 Å². The van der Waals surface area contributed by atoms with E-state index in [2.05, 4.69) is 58.0 Å². The van der Waals surface area contributed by atoms with E-state index in [4.69, 9.17) is 0 Å². The van der Waals surface area contributed by atoms with Gasteiger partial charge in [-0.05, 0) is 86.7 Å². The van der Waals surface area contributed by atoms with Crippen molar-refractivity contribution in [3.05, 3.63) is 22.4 Å². The van der Waals surface area contributed by atoms with Gasteiger partial charge in [0.25, 0.3) is 0 Å². The number of rotatable bonds is 5. The number of hydrogen-bond donors (Lipinski definition) is 1. The Morgan fingerprint density at radius 2 is 2.10 bits per heavy atom. The van der Waals surface area contributed by atoms with Gasteiger partial charge >= 0.3 is 0 Å². The third kappa shape index (κ3) is 4.19. The second-order valence-corrected chi connectivity index (χ2v) is 6.69. The van der Waals surface area contributed by atoms with Crippen molar-refractivity contribution in [3.8, 4) is 0 Å². The first kappa shape index (κ1) is 15.8. The normalized spacial score (nSPS) is 19.0. The Balaban J connectivity index is 1.87. The Labute approximate surface area is 131 Å². The van der Waals surface area contributed by atoms with E-state index in [1.807, 2.05) is 6.07 Å². The van der Waals surface area contributed by atoms with Crippen LogP contribution >= 0.6 is 15.9 Å². The summed E-state index contributed by atoms with van der Waals surface area (Å²) in [6, 6.07) is 4.64. The monoisotopic (exact) mass is 339 g/mol. The molecule has 2 rings (SSSR count). The molecule has 4 heteroatoms. The summed E-state index contributed by atoms with van der Waals surface area (Å²) in [6.45, 7) is 10.4. The van der Waals surface area contributed by atoms with E-state index in [1.54, 1.807) is 0 Å². The SMILES string of the molecule is CCCN1CCC(C(C)Nc2ccc(Br)nc2C)CC1. The smallest absolute Gasteiger partial charge is 0.106 e. The minimum absolute atomic E-state index is 0.514. The van der Waals surface area contributed by atoms with Gasteiger partial charge in [-0.1, -0.05) is 6.92 Å². The largest absolute Gasteiger partial charge is 0.381 e. The average molecular weight is 340 g/mol. The third-order valence-electron chi connectivity index (χ3n) is 4.31. The first-order valence-corrected chi connectivity index (χ1v) is 8.51. The quantitative estimate of drug-likeness (QED) is 0.819. The predicted molar refractivity (Wildman–Crippen MR) is 89.2 cm³/mol. The maximum absolute atomic E-state index is 4.45. The van der Waals surface area contributed by atoms with Crippen molar-refractivity contribution in [3.63, 3.8) is 0 Å². The van der Waals surface area contributed by atoms with Crippen LogP contribution in [0.5, 0.6) is 0 Å². The number of nitrogens with zero attached hydrogens (tertiary/aromatic N) is 2. The van der Waals surface area contributed by atoms with Crippen molar-refractivity contribution in [2.24, 2.45) is 5.92 Å². The number of anilines is 1. The highest BCUT2D eigenvalue weighted by atomic mass is 79.9. The summed E-state index contributed by atoms with van der Waals surface area (Å²) in [7, 11) is 0. The molecule has 0 bridgehead atoms. The predicted octanol–water partition coefficient (Wildman–Crippen LogP) is 4.07. The summed E-state index contributed by atoms with van der Waals surface area (Å²) in [6.07, 6.45) is 3.87. The Hall–Kier alpha value is -0.610. The van der Waals surface area contributed by atoms with Crippen LogP contribution in [0, 0.1) is 12.8 Å². The molecule has 2 heterocycles. The van der Waals surface area contributed by atoms with E-state index in [0.29, 0.717) is 6.04 Å². The molecule has 1 aliphatic rings. The molecule has 0 aromatic carbocycles. The molecule has 1 aliphatic heterocycles. The summed E-state index contributed by atoms with van der Waals surface area (Å²) in [5, 5.41) is 3.65. The minimum atomic E-state index is 0.514. The highest BCUT2D eigenvalue weighted by Crippen LogP contribution is 2.25. The van der Waals surface area contributed by atoms with E-state index in [-0.39, 0.29) is 0 Å². The van der Waals surface area contributed by atoms with Gasteiger partial charge in [0, 0.05) is 6.04 Å². The van der Waals surface area contributed by atoms with Crippen LogP contribution in [-0.2, 0) is 0 Å². The fourth-order valence-corrected chi connectivity index (χ4v) is 3.44. The van der Waals surface area contributed by atoms with Crippen molar-refractivity contribution in [1.29, 1.82) is 0 Å². The van der Waals surface area contributed by atoms with Gasteiger partial charge in [0.15, 0.2) is 0 Å². The van der Waals surface area contributed by atoms with E-state index in [9.17, 15) is 0 Å². The number of likely N-dealkylation sites (tertiary alicyclic amines) is 1. The minimum Gasteiger partial charge on any atom is -0.381 e. The fourth-order valence-electron chi connectivity index (χ4n) is 3.04. The van der Waals surface area contributed by atoms with E-state index in [0.717, 1.165) is 21.9 Å². The van der Waals surface area contributed by atoms with Crippen LogP contribution in [0.3, 0.4) is 0 Å². The lowest BCUT2D eigenvalue weighted by molar-refractivity contribution is 0.176. The maximum atomic E-state index is 4.45. The van der Waals surface area contributed by atoms with Crippen LogP contribution in [-0.4, -0.2) is 35.6 Å². The van der Waals surface area contributed by atoms with Gasteiger partial charge in [0.1, 0.15) is 4.60 Å². The fraction of sp³-hybridized carbons (Fsp3) is 0.688. The van der Waals surface area contributed by atoms with Crippen LogP contribution in [0.4, 0.5) is 5.69 Å². The molecule has 112 valence electrons. The molecule has 3 nitrogen and oxygen atoms in total. The molecule has 1 aromatic heterocycles. The highest BCUT2D eigenvalue weighted by molar-refractivity contribution is 9.10. The lowest BCUT2D eigenvalue weighted by Gasteiger charge is -2.35. The molecule has 1 aromatic rings. The van der Waals surface area contributed by atoms with Gasteiger partial charge in [-0.15, -0.1) is 0 Å². The Morgan fingerprint density at radius 1 is 1.40 bits per heavy atom. The van der Waals surface area contributed by atoms with Crippen LogP contribution in [0.1, 0.15) is 38.8 Å². The lowest BCUT2D eigenvalue weighted by Crippen LogP contribution is -2.39. The second-order valence-electron chi connectivity index (χ2n) is 5.88. The van der Waals surface area contributed by atoms with E-state index in [1.165, 1.54) is 38.9 Å². The summed E-state index contributed by atoms with van der Waals surface area (Å²) >= 11 is 3.42. The molecule has 1 unspecified atom stereocenters. The van der Waals surface area contributed by atoms with Crippen molar-refractivity contribution < 1.29 is 0 Å². The molecule has 0 amide bonds. The van der Waals surface area contributed by atoms with Crippen molar-refractivity contribution in [2.75, 3.05) is 25.0 Å². The van der Waals surface area contributed by atoms with Gasteiger partial charge in [-0.25, -0.2) is 4.98 Å². The molecule has 1 N–H and O–H groups in total. The average Bonchev–Trinajstić information content (AvgIpc) is 2.43. The standard InChI is InChI=1S/C16H26BrN3/c1-4-9-20-10-7-14(8-11-20)12(2)18-15-5-6-16(17)19-13(15)3/h5-6,12,14,18H,4,7-11H2,1-3H3. The molecule has 20 heavy (non-hydrogen) atoms. The molecule has 0 saturated carbocycles. The maximum Gasteiger partial charge on any atom is 0.106 e. The van der Waals surface area contributed by atoms with E-state index >= 15 is 0 Å². The molecule has 1 atom stereocenters. The first-order chi connectivity index (χ1) is 9.60. The molecular formula is C16H26BrN3. The number of nitrogens with one attached hydrogen (secondary N) is 1. The molecule has 0 aliphatic carbocycles. The zero-order chi connectivity index (χ0) is 14.5. The Morgan fingerprint density at radius 3 is 2.70 bits per heavy atom. The van der Waals surface area contributed by atoms with Crippen LogP contribution in [0.2, 0.25) is 0 Å². The topological polar surface area (TPSA) is 28.2 Å². The molecule has 1 fully saturated rings. The number of halogens is 1. The van der Waals surface area contributed by atoms with Gasteiger partial charge in [-0.2, -0.15) is 0 Å². The number of pyridine rings is 1. The van der Waals surface area contributed by atoms with Crippen molar-refractivity contribution in [1.82, 2.24) is 9.88 Å². The number of aryl methyl sites for hydroxylation is 1. The zero-order valence-electron chi connectivity index (χ0n) is 12.8. The molecule has 0 radical (unpaired) electrons. The lowest BCUT2D eigenvalue weighted by atomic mass is 9.90. The second kappa shape index (κ2) is 7.41. The molecular weight excluding hydrogens is 314 g/mol. The summed E-state index contributed by atoms with van der Waals surface area (Å²) in [5.74, 6) is 0.770. The van der Waals surface area contributed by atoms with Gasteiger partial charge in [0.05, 0.1) is 11.4 Å². The first-order valence-electron chi connectivity index (χ1n) is 7.72. The number of hydrogen-bond acceptors (Lipinski definition) is 3. The van der Waals surface area contributed by atoms with Crippen LogP contribution < -0.4 is 5.32 Å². The number of aromatic nitrogens is 1. The third-order valence-corrected chi connectivity index (χ3v) is 4.76. The van der Waals surface area contributed by atoms with Crippen molar-refractivity contribution >= 4 is 21.6 Å². The van der Waals surface area contributed by atoms with Crippen LogP contribution in [0.15, 0.2) is 16.7 Å². The summed E-state index contributed by atoms with van der Waals surface area (Å²) < 4.78 is 0.904. The van der Waals surface area contributed by atoms with Crippen LogP contribution in [0.25, 0.3) is 0 Å². The molecule has 1 saturated heterocycles. The highest BCUT2D eigenvalue weighted by Gasteiger charge is 2.23. The Kier molecular flexibility index (Phi) is 5.85. The summed E-state index contributed by atoms with van der Waals surface area (Å²) in [5.41, 5.74) is 2.23. The zero-order valence-corrected chi connectivity index (χ0v) is 14.4. The number of piperidine rings is 1. The summed E-state index contributed by atoms with van der Waals surface area (Å²) in [4.78, 5) is 7.05. The van der Waals surface area contributed by atoms with Crippen molar-refractivity contribution in [2.45, 2.75) is 46.1 Å². The molecule has 0 spiro atoms. The Bertz CT molecular complexity index is 428. The van der Waals surface area contributed by atoms with Gasteiger partial charge in [0.2, 0.25) is 0 Å².